The SMILES string of the molecule is C/C=C/COC.COC(=O)CN1C(=O)C=CC1=O.CS. The van der Waals surface area contributed by atoms with E-state index in [9.17, 15) is 14.4 Å². The number of thiol groups is 1. The second-order valence-electron chi connectivity index (χ2n) is 3.20. The Hall–Kier alpha value is -1.60. The van der Waals surface area contributed by atoms with Crippen LogP contribution in [-0.2, 0) is 23.9 Å². The van der Waals surface area contributed by atoms with Gasteiger partial charge in [0.1, 0.15) is 6.54 Å². The van der Waals surface area contributed by atoms with Gasteiger partial charge in [0.15, 0.2) is 0 Å². The maximum atomic E-state index is 10.8. The molecule has 0 unspecified atom stereocenters. The van der Waals surface area contributed by atoms with Gasteiger partial charge in [0, 0.05) is 19.3 Å². The molecule has 1 heterocycles. The molecular weight excluding hydrogens is 282 g/mol. The molecule has 0 aromatic carbocycles. The summed E-state index contributed by atoms with van der Waals surface area (Å²) >= 11 is 3.53. The molecule has 0 spiro atoms. The van der Waals surface area contributed by atoms with Crippen molar-refractivity contribution in [2.45, 2.75) is 6.92 Å². The number of carbonyl (C=O) groups is 3. The standard InChI is InChI=1S/C7H7NO4.C5H10O.CH4S/c1-12-7(11)4-8-5(9)2-3-6(8)10;1-3-4-5-6-2;1-2/h2-3H,4H2,1H3;3-4H,5H2,1-2H3;2H,1H3/b;4-3+;. The van der Waals surface area contributed by atoms with E-state index in [1.807, 2.05) is 19.1 Å². The molecule has 0 aromatic rings. The summed E-state index contributed by atoms with van der Waals surface area (Å²) in [6, 6.07) is 0. The maximum Gasteiger partial charge on any atom is 0.325 e. The van der Waals surface area contributed by atoms with E-state index in [0.717, 1.165) is 23.7 Å². The normalized spacial score (nSPS) is 12.8. The lowest BCUT2D eigenvalue weighted by Gasteiger charge is -2.10. The molecule has 114 valence electrons. The number of nitrogens with zero attached hydrogens (tertiary/aromatic N) is 1. The molecule has 0 saturated heterocycles. The highest BCUT2D eigenvalue weighted by atomic mass is 32.1. The van der Waals surface area contributed by atoms with Crippen LogP contribution < -0.4 is 0 Å². The largest absolute Gasteiger partial charge is 0.468 e. The molecule has 1 aliphatic rings. The lowest BCUT2D eigenvalue weighted by molar-refractivity contribution is -0.149. The molecule has 0 aromatic heterocycles. The highest BCUT2D eigenvalue weighted by Crippen LogP contribution is 2.02. The lowest BCUT2D eigenvalue weighted by atomic mass is 10.5. The van der Waals surface area contributed by atoms with Crippen LogP contribution in [0, 0.1) is 0 Å². The summed E-state index contributed by atoms with van der Waals surface area (Å²) in [6.45, 7) is 2.39. The van der Waals surface area contributed by atoms with E-state index in [1.165, 1.54) is 7.11 Å². The number of methoxy groups -OCH3 is 2. The minimum atomic E-state index is -0.611. The summed E-state index contributed by atoms with van der Waals surface area (Å²) in [5.74, 6) is -1.57. The Labute approximate surface area is 124 Å². The van der Waals surface area contributed by atoms with Crippen molar-refractivity contribution >= 4 is 30.4 Å². The minimum absolute atomic E-state index is 0.318. The highest BCUT2D eigenvalue weighted by Gasteiger charge is 2.25. The number of imide groups is 1. The predicted octanol–water partition coefficient (Wildman–Crippen LogP) is 0.839. The van der Waals surface area contributed by atoms with E-state index < -0.39 is 17.8 Å². The van der Waals surface area contributed by atoms with Gasteiger partial charge in [-0.2, -0.15) is 12.6 Å². The number of ether oxygens (including phenoxy) is 2. The summed E-state index contributed by atoms with van der Waals surface area (Å²) in [4.78, 5) is 33.2. The van der Waals surface area contributed by atoms with Crippen molar-refractivity contribution in [3.8, 4) is 0 Å². The number of esters is 1. The highest BCUT2D eigenvalue weighted by molar-refractivity contribution is 7.79. The summed E-state index contributed by atoms with van der Waals surface area (Å²) in [7, 11) is 2.88. The molecule has 7 heteroatoms. The minimum Gasteiger partial charge on any atom is -0.468 e. The monoisotopic (exact) mass is 303 g/mol. The first-order valence-corrected chi connectivity index (χ1v) is 6.61. The van der Waals surface area contributed by atoms with Crippen LogP contribution in [0.3, 0.4) is 0 Å². The van der Waals surface area contributed by atoms with Crippen LogP contribution in [-0.4, -0.2) is 56.3 Å². The van der Waals surface area contributed by atoms with Crippen LogP contribution in [0.25, 0.3) is 0 Å². The van der Waals surface area contributed by atoms with Gasteiger partial charge in [0.25, 0.3) is 11.8 Å². The van der Waals surface area contributed by atoms with Crippen LogP contribution in [0.5, 0.6) is 0 Å². The molecule has 0 N–H and O–H groups in total. The Morgan fingerprint density at radius 1 is 1.25 bits per heavy atom. The summed E-state index contributed by atoms with van der Waals surface area (Å²) < 4.78 is 8.99. The van der Waals surface area contributed by atoms with Crippen molar-refractivity contribution in [2.75, 3.05) is 33.6 Å². The zero-order valence-corrected chi connectivity index (χ0v) is 13.1. The quantitative estimate of drug-likeness (QED) is 0.360. The van der Waals surface area contributed by atoms with Crippen LogP contribution in [0.15, 0.2) is 24.3 Å². The lowest BCUT2D eigenvalue weighted by Crippen LogP contribution is -2.35. The van der Waals surface area contributed by atoms with Crippen LogP contribution >= 0.6 is 12.6 Å². The number of allylic oxidation sites excluding steroid dienone is 1. The van der Waals surface area contributed by atoms with E-state index in [1.54, 1.807) is 13.4 Å². The molecule has 1 aliphatic heterocycles. The van der Waals surface area contributed by atoms with Crippen LogP contribution in [0.4, 0.5) is 0 Å². The Kier molecular flexibility index (Phi) is 14.3. The van der Waals surface area contributed by atoms with Crippen molar-refractivity contribution in [1.29, 1.82) is 0 Å². The van der Waals surface area contributed by atoms with E-state index in [0.29, 0.717) is 0 Å². The molecule has 0 atom stereocenters. The number of carbonyl (C=O) groups excluding carboxylic acids is 3. The van der Waals surface area contributed by atoms with Gasteiger partial charge in [-0.05, 0) is 13.2 Å². The van der Waals surface area contributed by atoms with Crippen molar-refractivity contribution in [2.24, 2.45) is 0 Å². The third kappa shape index (κ3) is 9.35. The molecule has 0 bridgehead atoms. The Balaban J connectivity index is 0. The van der Waals surface area contributed by atoms with Crippen molar-refractivity contribution < 1.29 is 23.9 Å². The average Bonchev–Trinajstić information content (AvgIpc) is 2.79. The van der Waals surface area contributed by atoms with Crippen LogP contribution in [0.2, 0.25) is 0 Å². The van der Waals surface area contributed by atoms with E-state index in [4.69, 9.17) is 4.74 Å². The topological polar surface area (TPSA) is 72.9 Å². The summed E-state index contributed by atoms with van der Waals surface area (Å²) in [5, 5.41) is 0. The molecule has 20 heavy (non-hydrogen) atoms. The van der Waals surface area contributed by atoms with E-state index in [2.05, 4.69) is 17.4 Å². The van der Waals surface area contributed by atoms with Gasteiger partial charge in [0.05, 0.1) is 13.7 Å². The van der Waals surface area contributed by atoms with Crippen molar-refractivity contribution in [1.82, 2.24) is 4.90 Å². The fourth-order valence-corrected chi connectivity index (χ4v) is 0.973. The maximum absolute atomic E-state index is 10.8. The number of hydrogen-bond acceptors (Lipinski definition) is 6. The molecule has 1 rings (SSSR count). The first-order valence-electron chi connectivity index (χ1n) is 5.72. The zero-order chi connectivity index (χ0) is 16.0. The fourth-order valence-electron chi connectivity index (χ4n) is 0.973. The Bertz CT molecular complexity index is 348. The molecule has 6 nitrogen and oxygen atoms in total. The first-order chi connectivity index (χ1) is 9.56. The van der Waals surface area contributed by atoms with Gasteiger partial charge >= 0.3 is 5.97 Å². The fraction of sp³-hybridized carbons (Fsp3) is 0.462. The van der Waals surface area contributed by atoms with Gasteiger partial charge < -0.3 is 9.47 Å². The predicted molar refractivity (Wildman–Crippen MR) is 79.5 cm³/mol. The third-order valence-corrected chi connectivity index (χ3v) is 1.91. The van der Waals surface area contributed by atoms with Gasteiger partial charge in [-0.25, -0.2) is 0 Å². The second kappa shape index (κ2) is 13.8. The summed E-state index contributed by atoms with van der Waals surface area (Å²) in [5.41, 5.74) is 0. The molecule has 0 saturated carbocycles. The molecule has 2 amide bonds. The zero-order valence-electron chi connectivity index (χ0n) is 12.2. The molecule has 0 radical (unpaired) electrons. The molecule has 0 fully saturated rings. The summed E-state index contributed by atoms with van der Waals surface area (Å²) in [6.07, 6.45) is 7.85. The smallest absolute Gasteiger partial charge is 0.325 e. The van der Waals surface area contributed by atoms with Gasteiger partial charge in [0.2, 0.25) is 0 Å². The second-order valence-corrected chi connectivity index (χ2v) is 3.20. The van der Waals surface area contributed by atoms with Crippen molar-refractivity contribution in [3.63, 3.8) is 0 Å². The van der Waals surface area contributed by atoms with Gasteiger partial charge in [-0.15, -0.1) is 0 Å². The molecule has 0 aliphatic carbocycles. The van der Waals surface area contributed by atoms with E-state index >= 15 is 0 Å². The number of rotatable bonds is 4. The van der Waals surface area contributed by atoms with E-state index in [-0.39, 0.29) is 6.54 Å². The first kappa shape index (κ1) is 20.7. The van der Waals surface area contributed by atoms with Crippen molar-refractivity contribution in [3.05, 3.63) is 24.3 Å². The Morgan fingerprint density at radius 2 is 1.75 bits per heavy atom. The third-order valence-electron chi connectivity index (χ3n) is 1.91. The number of amides is 2. The van der Waals surface area contributed by atoms with Crippen LogP contribution in [0.1, 0.15) is 6.92 Å². The van der Waals surface area contributed by atoms with Gasteiger partial charge in [-0.3, -0.25) is 19.3 Å². The average molecular weight is 303 g/mol. The number of hydrogen-bond donors (Lipinski definition) is 1. The molecular formula is C13H21NO5S. The Morgan fingerprint density at radius 3 is 2.05 bits per heavy atom. The van der Waals surface area contributed by atoms with Gasteiger partial charge in [-0.1, -0.05) is 12.2 Å².